The number of anilines is 1. The molecule has 0 fully saturated rings. The van der Waals surface area contributed by atoms with E-state index in [9.17, 15) is 18.0 Å². The highest BCUT2D eigenvalue weighted by atomic mass is 35.5. The molecular formula is C29H34ClN3O4S. The second-order valence-corrected chi connectivity index (χ2v) is 11.6. The molecule has 0 saturated carbocycles. The molecule has 0 heterocycles. The lowest BCUT2D eigenvalue weighted by atomic mass is 10.1. The molecule has 38 heavy (non-hydrogen) atoms. The highest BCUT2D eigenvalue weighted by molar-refractivity contribution is 7.92. The van der Waals surface area contributed by atoms with Crippen molar-refractivity contribution in [1.29, 1.82) is 0 Å². The van der Waals surface area contributed by atoms with Crippen LogP contribution in [0.15, 0.2) is 83.8 Å². The van der Waals surface area contributed by atoms with Crippen molar-refractivity contribution < 1.29 is 18.0 Å². The third-order valence-electron chi connectivity index (χ3n) is 6.40. The van der Waals surface area contributed by atoms with E-state index in [1.807, 2.05) is 44.2 Å². The lowest BCUT2D eigenvalue weighted by molar-refractivity contribution is -0.139. The first kappa shape index (κ1) is 29.2. The first-order valence-electron chi connectivity index (χ1n) is 12.5. The molecule has 0 unspecified atom stereocenters. The summed E-state index contributed by atoms with van der Waals surface area (Å²) in [6.45, 7) is 6.90. The van der Waals surface area contributed by atoms with Crippen LogP contribution in [-0.2, 0) is 26.2 Å². The van der Waals surface area contributed by atoms with E-state index in [1.54, 1.807) is 50.2 Å². The minimum atomic E-state index is -4.12. The summed E-state index contributed by atoms with van der Waals surface area (Å²) in [6.07, 6.45) is 0.740. The normalized spacial score (nSPS) is 12.9. The van der Waals surface area contributed by atoms with E-state index >= 15 is 0 Å². The Hall–Kier alpha value is -3.36. The van der Waals surface area contributed by atoms with Crippen molar-refractivity contribution in [3.05, 3.63) is 95.0 Å². The maximum atomic E-state index is 13.9. The molecule has 2 amide bonds. The number of hydrogen-bond acceptors (Lipinski definition) is 4. The van der Waals surface area contributed by atoms with Crippen LogP contribution in [0, 0.1) is 6.92 Å². The second-order valence-electron chi connectivity index (χ2n) is 9.26. The van der Waals surface area contributed by atoms with E-state index in [0.29, 0.717) is 16.3 Å². The third kappa shape index (κ3) is 7.14. The number of hydrogen-bond donors (Lipinski definition) is 1. The standard InChI is InChI=1S/C29H34ClN3O4S/c1-5-22(3)31-29(35)23(4)32(19-24-12-8-6-9-13-24)28(34)20-33(27-17-16-25(30)18-21(27)2)38(36,37)26-14-10-7-11-15-26/h6-18,22-23H,5,19-20H2,1-4H3,(H,31,35)/t22-,23+/m0/s1. The van der Waals surface area contributed by atoms with E-state index in [1.165, 1.54) is 17.0 Å². The van der Waals surface area contributed by atoms with Crippen molar-refractivity contribution in [1.82, 2.24) is 10.2 Å². The summed E-state index contributed by atoms with van der Waals surface area (Å²) in [5.74, 6) is -0.807. The van der Waals surface area contributed by atoms with E-state index in [-0.39, 0.29) is 23.4 Å². The monoisotopic (exact) mass is 555 g/mol. The van der Waals surface area contributed by atoms with Crippen LogP contribution in [0.1, 0.15) is 38.3 Å². The molecule has 0 saturated heterocycles. The van der Waals surface area contributed by atoms with Gasteiger partial charge in [0, 0.05) is 17.6 Å². The Labute approximate surface area is 230 Å². The number of nitrogens with zero attached hydrogens (tertiary/aromatic N) is 2. The van der Waals surface area contributed by atoms with Gasteiger partial charge in [0.2, 0.25) is 11.8 Å². The number of carbonyl (C=O) groups is 2. The summed E-state index contributed by atoms with van der Waals surface area (Å²) in [6, 6.07) is 21.2. The summed E-state index contributed by atoms with van der Waals surface area (Å²) in [4.78, 5) is 28.4. The number of amides is 2. The third-order valence-corrected chi connectivity index (χ3v) is 8.41. The summed E-state index contributed by atoms with van der Waals surface area (Å²) < 4.78 is 28.7. The molecule has 3 rings (SSSR count). The summed E-state index contributed by atoms with van der Waals surface area (Å²) in [5.41, 5.74) is 1.76. The van der Waals surface area contributed by atoms with Crippen molar-refractivity contribution in [2.45, 2.75) is 57.6 Å². The molecule has 0 aliphatic rings. The van der Waals surface area contributed by atoms with Gasteiger partial charge in [-0.15, -0.1) is 0 Å². The smallest absolute Gasteiger partial charge is 0.264 e. The molecule has 3 aromatic carbocycles. The van der Waals surface area contributed by atoms with Crippen molar-refractivity contribution in [2.24, 2.45) is 0 Å². The molecule has 9 heteroatoms. The van der Waals surface area contributed by atoms with Gasteiger partial charge in [0.05, 0.1) is 10.6 Å². The van der Waals surface area contributed by atoms with Crippen LogP contribution in [0.4, 0.5) is 5.69 Å². The van der Waals surface area contributed by atoms with Gasteiger partial charge in [0.15, 0.2) is 0 Å². The number of benzene rings is 3. The van der Waals surface area contributed by atoms with Gasteiger partial charge in [-0.05, 0) is 68.7 Å². The fourth-order valence-corrected chi connectivity index (χ4v) is 5.69. The SMILES string of the molecule is CC[C@H](C)NC(=O)[C@@H](C)N(Cc1ccccc1)C(=O)CN(c1ccc(Cl)cc1C)S(=O)(=O)c1ccccc1. The van der Waals surface area contributed by atoms with E-state index in [2.05, 4.69) is 5.32 Å². The zero-order valence-electron chi connectivity index (χ0n) is 22.1. The van der Waals surface area contributed by atoms with Gasteiger partial charge in [-0.1, -0.05) is 67.1 Å². The van der Waals surface area contributed by atoms with E-state index < -0.39 is 28.5 Å². The van der Waals surface area contributed by atoms with Crippen LogP contribution in [0.5, 0.6) is 0 Å². The first-order valence-corrected chi connectivity index (χ1v) is 14.3. The Morgan fingerprint density at radius 1 is 0.947 bits per heavy atom. The average molecular weight is 556 g/mol. The predicted molar refractivity (Wildman–Crippen MR) is 152 cm³/mol. The zero-order valence-corrected chi connectivity index (χ0v) is 23.7. The fourth-order valence-electron chi connectivity index (χ4n) is 3.96. The van der Waals surface area contributed by atoms with Gasteiger partial charge >= 0.3 is 0 Å². The van der Waals surface area contributed by atoms with Crippen molar-refractivity contribution in [3.63, 3.8) is 0 Å². The van der Waals surface area contributed by atoms with Gasteiger partial charge in [-0.2, -0.15) is 0 Å². The molecule has 202 valence electrons. The Bertz CT molecular complexity index is 1350. The average Bonchev–Trinajstić information content (AvgIpc) is 2.91. The largest absolute Gasteiger partial charge is 0.352 e. The van der Waals surface area contributed by atoms with Crippen LogP contribution in [0.2, 0.25) is 5.02 Å². The number of rotatable bonds is 11. The van der Waals surface area contributed by atoms with Gasteiger partial charge < -0.3 is 10.2 Å². The van der Waals surface area contributed by atoms with Crippen molar-refractivity contribution in [2.75, 3.05) is 10.8 Å². The van der Waals surface area contributed by atoms with Crippen LogP contribution in [0.3, 0.4) is 0 Å². The Morgan fingerprint density at radius 2 is 1.55 bits per heavy atom. The predicted octanol–water partition coefficient (Wildman–Crippen LogP) is 5.18. The van der Waals surface area contributed by atoms with E-state index in [4.69, 9.17) is 11.6 Å². The van der Waals surface area contributed by atoms with Gasteiger partial charge in [-0.3, -0.25) is 13.9 Å². The maximum Gasteiger partial charge on any atom is 0.264 e. The Balaban J connectivity index is 2.03. The summed E-state index contributed by atoms with van der Waals surface area (Å²) >= 11 is 6.14. The first-order chi connectivity index (χ1) is 18.0. The molecule has 1 N–H and O–H groups in total. The number of carbonyl (C=O) groups excluding carboxylic acids is 2. The van der Waals surface area contributed by atoms with Crippen LogP contribution in [-0.4, -0.2) is 43.8 Å². The molecule has 0 aromatic heterocycles. The number of sulfonamides is 1. The van der Waals surface area contributed by atoms with Gasteiger partial charge in [0.25, 0.3) is 10.0 Å². The lowest BCUT2D eigenvalue weighted by Crippen LogP contribution is -2.52. The Kier molecular flexibility index (Phi) is 9.94. The molecule has 0 spiro atoms. The van der Waals surface area contributed by atoms with Gasteiger partial charge in [-0.25, -0.2) is 8.42 Å². The van der Waals surface area contributed by atoms with Crippen LogP contribution >= 0.6 is 11.6 Å². The Morgan fingerprint density at radius 3 is 2.13 bits per heavy atom. The molecule has 7 nitrogen and oxygen atoms in total. The van der Waals surface area contributed by atoms with Crippen LogP contribution in [0.25, 0.3) is 0 Å². The maximum absolute atomic E-state index is 13.9. The minimum absolute atomic E-state index is 0.0549. The van der Waals surface area contributed by atoms with Crippen LogP contribution < -0.4 is 9.62 Å². The summed E-state index contributed by atoms with van der Waals surface area (Å²) in [5, 5.41) is 3.38. The van der Waals surface area contributed by atoms with Crippen molar-refractivity contribution >= 4 is 39.1 Å². The fraction of sp³-hybridized carbons (Fsp3) is 0.310. The number of halogens is 1. The highest BCUT2D eigenvalue weighted by Crippen LogP contribution is 2.29. The quantitative estimate of drug-likeness (QED) is 0.353. The molecule has 0 bridgehead atoms. The molecule has 0 aliphatic heterocycles. The van der Waals surface area contributed by atoms with E-state index in [0.717, 1.165) is 16.3 Å². The number of nitrogens with one attached hydrogen (secondary N) is 1. The molecule has 2 atom stereocenters. The molecular weight excluding hydrogens is 522 g/mol. The summed E-state index contributed by atoms with van der Waals surface area (Å²) in [7, 11) is -4.12. The molecule has 0 aliphatic carbocycles. The topological polar surface area (TPSA) is 86.8 Å². The number of aryl methyl sites for hydroxylation is 1. The van der Waals surface area contributed by atoms with Crippen molar-refractivity contribution in [3.8, 4) is 0 Å². The minimum Gasteiger partial charge on any atom is -0.352 e. The molecule has 0 radical (unpaired) electrons. The second kappa shape index (κ2) is 12.9. The lowest BCUT2D eigenvalue weighted by Gasteiger charge is -2.33. The zero-order chi connectivity index (χ0) is 27.9. The molecule has 3 aromatic rings. The van der Waals surface area contributed by atoms with Gasteiger partial charge in [0.1, 0.15) is 12.6 Å². The highest BCUT2D eigenvalue weighted by Gasteiger charge is 2.33.